The normalized spacial score (nSPS) is 13.9. The lowest BCUT2D eigenvalue weighted by atomic mass is 9.98. The van der Waals surface area contributed by atoms with Crippen LogP contribution in [0.1, 0.15) is 22.3 Å². The summed E-state index contributed by atoms with van der Waals surface area (Å²) in [4.78, 5) is 19.8. The van der Waals surface area contributed by atoms with Gasteiger partial charge in [0.1, 0.15) is 18.1 Å². The minimum atomic E-state index is -1.36. The zero-order chi connectivity index (χ0) is 18.6. The molecule has 6 nitrogen and oxygen atoms in total. The highest BCUT2D eigenvalue weighted by molar-refractivity contribution is 6.15. The highest BCUT2D eigenvalue weighted by atomic mass is 16.7. The summed E-state index contributed by atoms with van der Waals surface area (Å²) in [5.74, 6) is 0.854. The molecule has 0 bridgehead atoms. The van der Waals surface area contributed by atoms with E-state index in [9.17, 15) is 4.79 Å². The van der Waals surface area contributed by atoms with Crippen molar-refractivity contribution in [3.05, 3.63) is 89.2 Å². The Bertz CT molecular complexity index is 1020. The van der Waals surface area contributed by atoms with E-state index in [0.717, 1.165) is 22.4 Å². The summed E-state index contributed by atoms with van der Waals surface area (Å²) in [5, 5.41) is 8.91. The maximum atomic E-state index is 10.9. The molecule has 0 aliphatic carbocycles. The fraction of sp³-hybridized carbons (Fsp3) is 0.0952. The molecule has 3 aromatic rings. The predicted octanol–water partition coefficient (Wildman–Crippen LogP) is 4.07. The Morgan fingerprint density at radius 2 is 2.04 bits per heavy atom. The lowest BCUT2D eigenvalue weighted by molar-refractivity contribution is 0.144. The highest BCUT2D eigenvalue weighted by Gasteiger charge is 2.21. The predicted molar refractivity (Wildman–Crippen MR) is 99.4 cm³/mol. The molecular formula is C21H16N2O4. The monoisotopic (exact) mass is 360 g/mol. The molecule has 1 aliphatic heterocycles. The molecule has 0 amide bonds. The molecular weight excluding hydrogens is 344 g/mol. The van der Waals surface area contributed by atoms with Crippen molar-refractivity contribution in [2.24, 2.45) is 4.99 Å². The van der Waals surface area contributed by atoms with Crippen LogP contribution < -0.4 is 9.47 Å². The van der Waals surface area contributed by atoms with Crippen molar-refractivity contribution in [1.82, 2.24) is 4.98 Å². The minimum absolute atomic E-state index is 0.221. The van der Waals surface area contributed by atoms with Gasteiger partial charge in [-0.15, -0.1) is 0 Å². The van der Waals surface area contributed by atoms with Gasteiger partial charge in [-0.2, -0.15) is 0 Å². The molecule has 0 saturated carbocycles. The number of aromatic nitrogens is 1. The van der Waals surface area contributed by atoms with Crippen molar-refractivity contribution >= 4 is 11.9 Å². The van der Waals surface area contributed by atoms with Gasteiger partial charge in [-0.05, 0) is 35.4 Å². The first-order valence-electron chi connectivity index (χ1n) is 8.40. The number of carbonyl (C=O) groups is 1. The second kappa shape index (κ2) is 7.29. The summed E-state index contributed by atoms with van der Waals surface area (Å²) in [6, 6.07) is 16.6. The molecule has 4 rings (SSSR count). The van der Waals surface area contributed by atoms with Gasteiger partial charge in [-0.1, -0.05) is 30.3 Å². The number of pyridine rings is 1. The average Bonchev–Trinajstić information content (AvgIpc) is 2.83. The molecule has 0 radical (unpaired) electrons. The smallest absolute Gasteiger partial charge is 0.488 e. The second-order valence-corrected chi connectivity index (χ2v) is 6.00. The largest absolute Gasteiger partial charge is 0.511 e. The van der Waals surface area contributed by atoms with Crippen LogP contribution in [0.15, 0.2) is 72.0 Å². The first-order chi connectivity index (χ1) is 13.2. The van der Waals surface area contributed by atoms with Crippen LogP contribution in [0.4, 0.5) is 4.79 Å². The first kappa shape index (κ1) is 16.8. The van der Waals surface area contributed by atoms with Crippen molar-refractivity contribution in [3.63, 3.8) is 0 Å². The zero-order valence-electron chi connectivity index (χ0n) is 14.3. The van der Waals surface area contributed by atoms with E-state index < -0.39 is 6.16 Å². The first-order valence-corrected chi connectivity index (χ1v) is 8.40. The zero-order valence-corrected chi connectivity index (χ0v) is 14.3. The van der Waals surface area contributed by atoms with Gasteiger partial charge in [0, 0.05) is 23.5 Å². The minimum Gasteiger partial charge on any atom is -0.488 e. The number of carboxylic acid groups (broad SMARTS) is 1. The van der Waals surface area contributed by atoms with E-state index in [1.165, 1.54) is 0 Å². The Morgan fingerprint density at radius 1 is 1.15 bits per heavy atom. The van der Waals surface area contributed by atoms with E-state index in [4.69, 9.17) is 19.6 Å². The fourth-order valence-electron chi connectivity index (χ4n) is 2.99. The van der Waals surface area contributed by atoms with Crippen LogP contribution >= 0.6 is 0 Å². The van der Waals surface area contributed by atoms with Crippen LogP contribution in [-0.2, 0) is 13.2 Å². The number of fused-ring (bicyclic) bond motifs is 2. The van der Waals surface area contributed by atoms with Gasteiger partial charge in [0.05, 0.1) is 12.3 Å². The maximum absolute atomic E-state index is 10.9. The summed E-state index contributed by atoms with van der Waals surface area (Å²) in [6.45, 7) is 0.856. The Hall–Kier alpha value is -3.67. The molecule has 134 valence electrons. The third kappa shape index (κ3) is 3.64. The molecule has 2 heterocycles. The van der Waals surface area contributed by atoms with E-state index in [0.29, 0.717) is 24.5 Å². The van der Waals surface area contributed by atoms with E-state index in [1.807, 2.05) is 36.4 Å². The molecule has 2 aromatic carbocycles. The van der Waals surface area contributed by atoms with Gasteiger partial charge < -0.3 is 14.6 Å². The number of benzene rings is 2. The Balaban J connectivity index is 1.83. The second-order valence-electron chi connectivity index (χ2n) is 6.00. The SMILES string of the molecule is O=C(O)Oc1ccc2c(c1)C(=NCc1cccnc1)c1ccccc1CO2. The third-order valence-electron chi connectivity index (χ3n) is 4.21. The van der Waals surface area contributed by atoms with Gasteiger partial charge in [-0.3, -0.25) is 9.98 Å². The van der Waals surface area contributed by atoms with Crippen LogP contribution in [0, 0.1) is 0 Å². The Kier molecular flexibility index (Phi) is 4.53. The molecule has 6 heteroatoms. The number of nitrogens with zero attached hydrogens (tertiary/aromatic N) is 2. The molecule has 27 heavy (non-hydrogen) atoms. The molecule has 0 fully saturated rings. The van der Waals surface area contributed by atoms with Crippen molar-refractivity contribution < 1.29 is 19.4 Å². The summed E-state index contributed by atoms with van der Waals surface area (Å²) >= 11 is 0. The lowest BCUT2D eigenvalue weighted by Crippen LogP contribution is -2.08. The molecule has 1 N–H and O–H groups in total. The topological polar surface area (TPSA) is 81.0 Å². The molecule has 1 aliphatic rings. The van der Waals surface area contributed by atoms with E-state index >= 15 is 0 Å². The van der Waals surface area contributed by atoms with Crippen LogP contribution in [0.2, 0.25) is 0 Å². The van der Waals surface area contributed by atoms with Gasteiger partial charge in [-0.25, -0.2) is 4.79 Å². The maximum Gasteiger partial charge on any atom is 0.511 e. The summed E-state index contributed by atoms with van der Waals surface area (Å²) in [6.07, 6.45) is 2.13. The van der Waals surface area contributed by atoms with E-state index in [2.05, 4.69) is 4.98 Å². The third-order valence-corrected chi connectivity index (χ3v) is 4.21. The number of hydrogen-bond acceptors (Lipinski definition) is 5. The lowest BCUT2D eigenvalue weighted by Gasteiger charge is -2.11. The van der Waals surface area contributed by atoms with Gasteiger partial charge in [0.25, 0.3) is 0 Å². The summed E-state index contributed by atoms with van der Waals surface area (Å²) < 4.78 is 10.7. The molecule has 1 aromatic heterocycles. The Morgan fingerprint density at radius 3 is 2.85 bits per heavy atom. The van der Waals surface area contributed by atoms with Crippen LogP contribution in [0.25, 0.3) is 0 Å². The van der Waals surface area contributed by atoms with Gasteiger partial charge in [0.15, 0.2) is 0 Å². The molecule has 0 saturated heterocycles. The fourth-order valence-corrected chi connectivity index (χ4v) is 2.99. The Labute approximate surface area is 155 Å². The highest BCUT2D eigenvalue weighted by Crippen LogP contribution is 2.32. The van der Waals surface area contributed by atoms with Crippen molar-refractivity contribution in [3.8, 4) is 11.5 Å². The van der Waals surface area contributed by atoms with Gasteiger partial charge in [0.2, 0.25) is 0 Å². The van der Waals surface area contributed by atoms with E-state index in [1.54, 1.807) is 30.6 Å². The summed E-state index contributed by atoms with van der Waals surface area (Å²) in [7, 11) is 0. The summed E-state index contributed by atoms with van der Waals surface area (Å²) in [5.41, 5.74) is 4.37. The van der Waals surface area contributed by atoms with Crippen molar-refractivity contribution in [2.45, 2.75) is 13.2 Å². The molecule has 0 unspecified atom stereocenters. The quantitative estimate of drug-likeness (QED) is 0.562. The number of rotatable bonds is 3. The number of hydrogen-bond donors (Lipinski definition) is 1. The number of aliphatic imine (C=N–C) groups is 1. The van der Waals surface area contributed by atoms with Crippen LogP contribution in [-0.4, -0.2) is 22.0 Å². The van der Waals surface area contributed by atoms with Crippen LogP contribution in [0.5, 0.6) is 11.5 Å². The van der Waals surface area contributed by atoms with Crippen LogP contribution in [0.3, 0.4) is 0 Å². The molecule has 0 atom stereocenters. The van der Waals surface area contributed by atoms with Crippen molar-refractivity contribution in [2.75, 3.05) is 0 Å². The van der Waals surface area contributed by atoms with E-state index in [-0.39, 0.29) is 5.75 Å². The standard InChI is InChI=1S/C21H16N2O4/c24-21(25)27-16-7-8-19-18(10-16)20(23-12-14-4-3-9-22-11-14)17-6-2-1-5-15(17)13-26-19/h1-11H,12-13H2,(H,24,25). The average molecular weight is 360 g/mol. The number of ether oxygens (including phenoxy) is 2. The van der Waals surface area contributed by atoms with Crippen molar-refractivity contribution in [1.29, 1.82) is 0 Å². The molecule has 0 spiro atoms. The van der Waals surface area contributed by atoms with Gasteiger partial charge >= 0.3 is 6.16 Å².